The predicted molar refractivity (Wildman–Crippen MR) is 123 cm³/mol. The van der Waals surface area contributed by atoms with Crippen molar-refractivity contribution in [1.82, 2.24) is 0 Å². The molecule has 164 valence electrons. The molecule has 7 heteroatoms. The third-order valence-corrected chi connectivity index (χ3v) is 7.40. The van der Waals surface area contributed by atoms with Crippen LogP contribution in [0, 0.1) is 11.3 Å². The molecule has 0 aliphatic heterocycles. The smallest absolute Gasteiger partial charge is 0.261 e. The van der Waals surface area contributed by atoms with Crippen LogP contribution in [0.15, 0.2) is 51.8 Å². The van der Waals surface area contributed by atoms with Crippen molar-refractivity contribution >= 4 is 38.3 Å². The van der Waals surface area contributed by atoms with Gasteiger partial charge in [0.15, 0.2) is 0 Å². The molecule has 1 aliphatic rings. The number of rotatable bonds is 4. The molecule has 4 rings (SSSR count). The summed E-state index contributed by atoms with van der Waals surface area (Å²) in [5, 5.41) is 3.61. The van der Waals surface area contributed by atoms with Crippen LogP contribution in [-0.4, -0.2) is 14.3 Å². The van der Waals surface area contributed by atoms with Crippen molar-refractivity contribution in [2.75, 3.05) is 10.0 Å². The van der Waals surface area contributed by atoms with Crippen LogP contribution in [0.25, 0.3) is 11.0 Å². The zero-order chi connectivity index (χ0) is 22.4. The first kappa shape index (κ1) is 21.4. The van der Waals surface area contributed by atoms with E-state index < -0.39 is 10.0 Å². The van der Waals surface area contributed by atoms with E-state index in [-0.39, 0.29) is 16.2 Å². The zero-order valence-electron chi connectivity index (χ0n) is 18.3. The normalized spacial score (nSPS) is 16.7. The molecule has 0 fully saturated rings. The topological polar surface area (TPSA) is 88.4 Å². The fourth-order valence-electron chi connectivity index (χ4n) is 4.22. The van der Waals surface area contributed by atoms with Gasteiger partial charge in [-0.05, 0) is 66.6 Å². The van der Waals surface area contributed by atoms with Crippen molar-refractivity contribution < 1.29 is 17.6 Å². The highest BCUT2D eigenvalue weighted by Crippen LogP contribution is 2.41. The summed E-state index contributed by atoms with van der Waals surface area (Å²) in [7, 11) is -3.76. The van der Waals surface area contributed by atoms with Gasteiger partial charge in [0.05, 0.1) is 4.90 Å². The molecule has 3 aromatic rings. The summed E-state index contributed by atoms with van der Waals surface area (Å²) in [5.41, 5.74) is 3.25. The van der Waals surface area contributed by atoms with Gasteiger partial charge in [-0.1, -0.05) is 20.8 Å². The van der Waals surface area contributed by atoms with Crippen molar-refractivity contribution in [3.63, 3.8) is 0 Å². The Balaban J connectivity index is 1.61. The van der Waals surface area contributed by atoms with E-state index in [1.54, 1.807) is 18.2 Å². The molecule has 0 saturated carbocycles. The third kappa shape index (κ3) is 4.46. The van der Waals surface area contributed by atoms with Crippen LogP contribution in [-0.2, 0) is 27.7 Å². The van der Waals surface area contributed by atoms with E-state index in [2.05, 4.69) is 30.8 Å². The molecule has 2 aromatic carbocycles. The highest BCUT2D eigenvalue weighted by Gasteiger charge is 2.31. The first-order valence-corrected chi connectivity index (χ1v) is 12.0. The SMILES string of the molecule is CC(=O)Nc1ccc(S(=O)(=O)Nc2ccc3oc4c(c3c2)CC(C(C)(C)C)CC4)cc1. The van der Waals surface area contributed by atoms with E-state index >= 15 is 0 Å². The molecule has 1 unspecified atom stereocenters. The van der Waals surface area contributed by atoms with Crippen molar-refractivity contribution in [3.05, 3.63) is 53.8 Å². The van der Waals surface area contributed by atoms with Gasteiger partial charge in [-0.2, -0.15) is 0 Å². The van der Waals surface area contributed by atoms with Gasteiger partial charge in [-0.15, -0.1) is 0 Å². The Morgan fingerprint density at radius 1 is 1.06 bits per heavy atom. The molecule has 1 aromatic heterocycles. The molecule has 0 radical (unpaired) electrons. The Morgan fingerprint density at radius 2 is 1.74 bits per heavy atom. The first-order chi connectivity index (χ1) is 14.5. The summed E-state index contributed by atoms with van der Waals surface area (Å²) >= 11 is 0. The number of hydrogen-bond acceptors (Lipinski definition) is 4. The van der Waals surface area contributed by atoms with Gasteiger partial charge >= 0.3 is 0 Å². The molecule has 0 bridgehead atoms. The minimum Gasteiger partial charge on any atom is -0.461 e. The number of sulfonamides is 1. The van der Waals surface area contributed by atoms with E-state index in [1.165, 1.54) is 24.6 Å². The number of carbonyl (C=O) groups is 1. The molecule has 6 nitrogen and oxygen atoms in total. The molecule has 1 heterocycles. The Kier molecular flexibility index (Phi) is 5.33. The number of benzene rings is 2. The number of aryl methyl sites for hydroxylation is 1. The second kappa shape index (κ2) is 7.71. The Bertz CT molecular complexity index is 1240. The molecule has 1 aliphatic carbocycles. The maximum absolute atomic E-state index is 12.9. The highest BCUT2D eigenvalue weighted by molar-refractivity contribution is 7.92. The van der Waals surface area contributed by atoms with Gasteiger partial charge < -0.3 is 9.73 Å². The molecule has 1 amide bonds. The molecular formula is C24H28N2O4S. The average molecular weight is 441 g/mol. The second-order valence-electron chi connectivity index (χ2n) is 9.33. The van der Waals surface area contributed by atoms with Gasteiger partial charge in [0.25, 0.3) is 10.0 Å². The van der Waals surface area contributed by atoms with Crippen LogP contribution >= 0.6 is 0 Å². The standard InChI is InChI=1S/C24H28N2O4S/c1-15(27)25-17-6-9-19(10-7-17)31(28,29)26-18-8-12-23-21(14-18)20-13-16(24(2,3)4)5-11-22(20)30-23/h6-10,12,14,16,26H,5,11,13H2,1-4H3,(H,25,27). The average Bonchev–Trinajstić information content (AvgIpc) is 3.04. The number of amides is 1. The summed E-state index contributed by atoms with van der Waals surface area (Å²) in [5.74, 6) is 1.37. The quantitative estimate of drug-likeness (QED) is 0.573. The molecule has 31 heavy (non-hydrogen) atoms. The maximum atomic E-state index is 12.9. The molecular weight excluding hydrogens is 412 g/mol. The van der Waals surface area contributed by atoms with Crippen molar-refractivity contribution in [2.45, 2.75) is 51.9 Å². The Morgan fingerprint density at radius 3 is 2.39 bits per heavy atom. The zero-order valence-corrected chi connectivity index (χ0v) is 19.1. The van der Waals surface area contributed by atoms with E-state index in [0.717, 1.165) is 36.0 Å². The van der Waals surface area contributed by atoms with Gasteiger partial charge in [0, 0.05) is 35.7 Å². The maximum Gasteiger partial charge on any atom is 0.261 e. The number of anilines is 2. The number of carbonyl (C=O) groups excluding carboxylic acids is 1. The number of hydrogen-bond donors (Lipinski definition) is 2. The summed E-state index contributed by atoms with van der Waals surface area (Å²) in [4.78, 5) is 11.3. The predicted octanol–water partition coefficient (Wildman–Crippen LogP) is 5.34. The van der Waals surface area contributed by atoms with Gasteiger partial charge in [-0.3, -0.25) is 9.52 Å². The summed E-state index contributed by atoms with van der Waals surface area (Å²) in [6.45, 7) is 8.20. The fourth-order valence-corrected chi connectivity index (χ4v) is 5.27. The van der Waals surface area contributed by atoms with Crippen molar-refractivity contribution in [2.24, 2.45) is 11.3 Å². The van der Waals surface area contributed by atoms with Crippen LogP contribution in [0.2, 0.25) is 0 Å². The van der Waals surface area contributed by atoms with Crippen LogP contribution in [0.1, 0.15) is 45.4 Å². The van der Waals surface area contributed by atoms with E-state index in [1.807, 2.05) is 12.1 Å². The van der Waals surface area contributed by atoms with Crippen molar-refractivity contribution in [1.29, 1.82) is 0 Å². The highest BCUT2D eigenvalue weighted by atomic mass is 32.2. The summed E-state index contributed by atoms with van der Waals surface area (Å²) < 4.78 is 34.4. The minimum atomic E-state index is -3.76. The minimum absolute atomic E-state index is 0.128. The molecule has 0 saturated heterocycles. The largest absolute Gasteiger partial charge is 0.461 e. The Hall–Kier alpha value is -2.80. The van der Waals surface area contributed by atoms with Gasteiger partial charge in [0.1, 0.15) is 11.3 Å². The number of fused-ring (bicyclic) bond motifs is 3. The molecule has 1 atom stereocenters. The van der Waals surface area contributed by atoms with Crippen LogP contribution in [0.3, 0.4) is 0 Å². The van der Waals surface area contributed by atoms with Crippen LogP contribution < -0.4 is 10.0 Å². The lowest BCUT2D eigenvalue weighted by molar-refractivity contribution is -0.114. The summed E-state index contributed by atoms with van der Waals surface area (Å²) in [6, 6.07) is 11.5. The Labute approximate surface area is 183 Å². The van der Waals surface area contributed by atoms with E-state index in [9.17, 15) is 13.2 Å². The number of furan rings is 1. The molecule has 0 spiro atoms. The van der Waals surface area contributed by atoms with Crippen molar-refractivity contribution in [3.8, 4) is 0 Å². The second-order valence-corrected chi connectivity index (χ2v) is 11.0. The fraction of sp³-hybridized carbons (Fsp3) is 0.375. The van der Waals surface area contributed by atoms with Gasteiger partial charge in [0.2, 0.25) is 5.91 Å². The third-order valence-electron chi connectivity index (χ3n) is 6.01. The van der Waals surface area contributed by atoms with E-state index in [0.29, 0.717) is 17.3 Å². The lowest BCUT2D eigenvalue weighted by Crippen LogP contribution is -2.26. The number of nitrogens with one attached hydrogen (secondary N) is 2. The van der Waals surface area contributed by atoms with Crippen LogP contribution in [0.5, 0.6) is 0 Å². The lowest BCUT2D eigenvalue weighted by atomic mass is 9.71. The van der Waals surface area contributed by atoms with Gasteiger partial charge in [-0.25, -0.2) is 8.42 Å². The lowest BCUT2D eigenvalue weighted by Gasteiger charge is -2.33. The first-order valence-electron chi connectivity index (χ1n) is 10.5. The monoisotopic (exact) mass is 440 g/mol. The molecule has 2 N–H and O–H groups in total. The van der Waals surface area contributed by atoms with E-state index in [4.69, 9.17) is 4.42 Å². The summed E-state index contributed by atoms with van der Waals surface area (Å²) in [6.07, 6.45) is 2.95. The van der Waals surface area contributed by atoms with Crippen LogP contribution in [0.4, 0.5) is 11.4 Å².